The van der Waals surface area contributed by atoms with E-state index in [-0.39, 0.29) is 23.9 Å². The van der Waals surface area contributed by atoms with E-state index in [1.807, 2.05) is 24.3 Å². The predicted octanol–water partition coefficient (Wildman–Crippen LogP) is 4.16. The Balaban J connectivity index is 1.85. The molecule has 1 unspecified atom stereocenters. The second-order valence-corrected chi connectivity index (χ2v) is 5.51. The van der Waals surface area contributed by atoms with E-state index in [2.05, 4.69) is 0 Å². The van der Waals surface area contributed by atoms with Crippen LogP contribution in [0.2, 0.25) is 5.02 Å². The number of benzene rings is 2. The lowest BCUT2D eigenvalue weighted by Gasteiger charge is -2.25. The third kappa shape index (κ3) is 2.93. The highest BCUT2D eigenvalue weighted by atomic mass is 35.5. The summed E-state index contributed by atoms with van der Waals surface area (Å²) >= 11 is 6.04. The lowest BCUT2D eigenvalue weighted by molar-refractivity contribution is -0.120. The molecular formula is C17H14ClFO2. The molecule has 21 heavy (non-hydrogen) atoms. The van der Waals surface area contributed by atoms with E-state index in [1.165, 1.54) is 18.2 Å². The van der Waals surface area contributed by atoms with Crippen molar-refractivity contribution in [3.63, 3.8) is 0 Å². The first-order valence-corrected chi connectivity index (χ1v) is 7.21. The largest absolute Gasteiger partial charge is 0.493 e. The number of Topliss-reactive ketones (excluding diaryl/α,β-unsaturated/α-hetero) is 1. The Bertz CT molecular complexity index is 684. The summed E-state index contributed by atoms with van der Waals surface area (Å²) in [5.74, 6) is 0.203. The molecule has 2 aromatic rings. The number of fused-ring (bicyclic) bond motifs is 1. The quantitative estimate of drug-likeness (QED) is 0.851. The average Bonchev–Trinajstić information content (AvgIpc) is 2.50. The first kappa shape index (κ1) is 14.1. The molecule has 1 aliphatic heterocycles. The first-order chi connectivity index (χ1) is 10.1. The van der Waals surface area contributed by atoms with Gasteiger partial charge >= 0.3 is 0 Å². The van der Waals surface area contributed by atoms with Crippen molar-refractivity contribution in [2.24, 2.45) is 0 Å². The molecule has 0 bridgehead atoms. The van der Waals surface area contributed by atoms with E-state index in [4.69, 9.17) is 16.3 Å². The number of ketones is 1. The van der Waals surface area contributed by atoms with Crippen molar-refractivity contribution in [1.82, 2.24) is 0 Å². The molecule has 3 rings (SSSR count). The van der Waals surface area contributed by atoms with Gasteiger partial charge in [-0.25, -0.2) is 4.39 Å². The minimum Gasteiger partial charge on any atom is -0.493 e. The Hall–Kier alpha value is -1.87. The van der Waals surface area contributed by atoms with Gasteiger partial charge in [-0.3, -0.25) is 4.79 Å². The fraction of sp³-hybridized carbons (Fsp3) is 0.235. The van der Waals surface area contributed by atoms with Gasteiger partial charge in [0.1, 0.15) is 17.3 Å². The zero-order valence-electron chi connectivity index (χ0n) is 11.3. The summed E-state index contributed by atoms with van der Waals surface area (Å²) < 4.78 is 18.8. The van der Waals surface area contributed by atoms with Gasteiger partial charge in [-0.2, -0.15) is 0 Å². The van der Waals surface area contributed by atoms with Crippen LogP contribution in [0.5, 0.6) is 5.75 Å². The summed E-state index contributed by atoms with van der Waals surface area (Å²) in [6.45, 7) is 0.518. The molecule has 0 aliphatic carbocycles. The van der Waals surface area contributed by atoms with Gasteiger partial charge in [0.2, 0.25) is 0 Å². The van der Waals surface area contributed by atoms with Crippen LogP contribution in [0.25, 0.3) is 0 Å². The van der Waals surface area contributed by atoms with E-state index in [1.54, 1.807) is 0 Å². The lowest BCUT2D eigenvalue weighted by atomic mass is 9.87. The van der Waals surface area contributed by atoms with E-state index < -0.39 is 0 Å². The zero-order valence-corrected chi connectivity index (χ0v) is 12.1. The van der Waals surface area contributed by atoms with Crippen molar-refractivity contribution < 1.29 is 13.9 Å². The van der Waals surface area contributed by atoms with Gasteiger partial charge in [0.15, 0.2) is 0 Å². The van der Waals surface area contributed by atoms with Crippen LogP contribution in [0.15, 0.2) is 42.5 Å². The Kier molecular flexibility index (Phi) is 3.93. The van der Waals surface area contributed by atoms with E-state index in [9.17, 15) is 9.18 Å². The van der Waals surface area contributed by atoms with Crippen molar-refractivity contribution in [2.75, 3.05) is 6.61 Å². The molecule has 2 aromatic carbocycles. The molecule has 0 saturated carbocycles. The fourth-order valence-electron chi connectivity index (χ4n) is 2.67. The number of hydrogen-bond acceptors (Lipinski definition) is 2. The SMILES string of the molecule is O=C(Cc1cc(F)ccc1Cl)C1CCOc2ccccc21. The van der Waals surface area contributed by atoms with Gasteiger partial charge in [0, 0.05) is 22.9 Å². The maximum atomic E-state index is 13.3. The van der Waals surface area contributed by atoms with Crippen LogP contribution in [-0.4, -0.2) is 12.4 Å². The Morgan fingerprint density at radius 1 is 1.29 bits per heavy atom. The summed E-state index contributed by atoms with van der Waals surface area (Å²) in [6, 6.07) is 11.6. The Morgan fingerprint density at radius 3 is 2.95 bits per heavy atom. The van der Waals surface area contributed by atoms with Crippen LogP contribution in [0.1, 0.15) is 23.5 Å². The van der Waals surface area contributed by atoms with Crippen LogP contribution < -0.4 is 4.74 Å². The van der Waals surface area contributed by atoms with Gasteiger partial charge in [-0.1, -0.05) is 29.8 Å². The number of para-hydroxylation sites is 1. The van der Waals surface area contributed by atoms with Crippen LogP contribution in [0.3, 0.4) is 0 Å². The third-order valence-electron chi connectivity index (χ3n) is 3.72. The summed E-state index contributed by atoms with van der Waals surface area (Å²) in [4.78, 5) is 12.6. The average molecular weight is 305 g/mol. The third-order valence-corrected chi connectivity index (χ3v) is 4.09. The lowest BCUT2D eigenvalue weighted by Crippen LogP contribution is -2.22. The number of ether oxygens (including phenoxy) is 1. The molecule has 0 aromatic heterocycles. The van der Waals surface area contributed by atoms with Gasteiger partial charge < -0.3 is 4.74 Å². The molecule has 1 heterocycles. The van der Waals surface area contributed by atoms with Gasteiger partial charge in [0.25, 0.3) is 0 Å². The van der Waals surface area contributed by atoms with Crippen LogP contribution in [-0.2, 0) is 11.2 Å². The second kappa shape index (κ2) is 5.86. The Labute approximate surface area is 127 Å². The van der Waals surface area contributed by atoms with Crippen molar-refractivity contribution in [2.45, 2.75) is 18.8 Å². The van der Waals surface area contributed by atoms with E-state index >= 15 is 0 Å². The topological polar surface area (TPSA) is 26.3 Å². The van der Waals surface area contributed by atoms with Crippen molar-refractivity contribution in [1.29, 1.82) is 0 Å². The zero-order chi connectivity index (χ0) is 14.8. The monoisotopic (exact) mass is 304 g/mol. The molecular weight excluding hydrogens is 291 g/mol. The highest BCUT2D eigenvalue weighted by Crippen LogP contribution is 2.35. The molecule has 1 aliphatic rings. The summed E-state index contributed by atoms with van der Waals surface area (Å²) in [7, 11) is 0. The number of hydrogen-bond donors (Lipinski definition) is 0. The Morgan fingerprint density at radius 2 is 2.10 bits per heavy atom. The molecule has 4 heteroatoms. The molecule has 2 nitrogen and oxygen atoms in total. The van der Waals surface area contributed by atoms with Gasteiger partial charge in [-0.05, 0) is 36.2 Å². The van der Waals surface area contributed by atoms with Gasteiger partial charge in [-0.15, -0.1) is 0 Å². The van der Waals surface area contributed by atoms with Crippen LogP contribution in [0, 0.1) is 5.82 Å². The molecule has 0 N–H and O–H groups in total. The predicted molar refractivity (Wildman–Crippen MR) is 79.4 cm³/mol. The summed E-state index contributed by atoms with van der Waals surface area (Å²) in [6.07, 6.45) is 0.776. The van der Waals surface area contributed by atoms with E-state index in [0.717, 1.165) is 11.3 Å². The molecule has 0 spiro atoms. The first-order valence-electron chi connectivity index (χ1n) is 6.83. The van der Waals surface area contributed by atoms with Crippen LogP contribution in [0.4, 0.5) is 4.39 Å². The maximum absolute atomic E-state index is 13.3. The summed E-state index contributed by atoms with van der Waals surface area (Å²) in [5, 5.41) is 0.421. The molecule has 1 atom stereocenters. The van der Waals surface area contributed by atoms with E-state index in [0.29, 0.717) is 23.6 Å². The number of carbonyl (C=O) groups is 1. The second-order valence-electron chi connectivity index (χ2n) is 5.11. The molecule has 0 amide bonds. The van der Waals surface area contributed by atoms with Crippen molar-refractivity contribution in [3.05, 3.63) is 64.4 Å². The minimum absolute atomic E-state index is 0.0400. The van der Waals surface area contributed by atoms with Crippen LogP contribution >= 0.6 is 11.6 Å². The molecule has 0 saturated heterocycles. The number of halogens is 2. The van der Waals surface area contributed by atoms with Gasteiger partial charge in [0.05, 0.1) is 6.61 Å². The van der Waals surface area contributed by atoms with Crippen molar-refractivity contribution >= 4 is 17.4 Å². The normalized spacial score (nSPS) is 17.0. The fourth-order valence-corrected chi connectivity index (χ4v) is 2.85. The van der Waals surface area contributed by atoms with Crippen molar-refractivity contribution in [3.8, 4) is 5.75 Å². The smallest absolute Gasteiger partial charge is 0.145 e. The number of rotatable bonds is 3. The number of carbonyl (C=O) groups excluding carboxylic acids is 1. The highest BCUT2D eigenvalue weighted by molar-refractivity contribution is 6.31. The molecule has 108 valence electrons. The summed E-state index contributed by atoms with van der Waals surface area (Å²) in [5.41, 5.74) is 1.44. The molecule has 0 radical (unpaired) electrons. The standard InChI is InChI=1S/C17H14ClFO2/c18-15-6-5-12(19)9-11(15)10-16(20)13-7-8-21-17-4-2-1-3-14(13)17/h1-6,9,13H,7-8,10H2. The maximum Gasteiger partial charge on any atom is 0.145 e. The minimum atomic E-state index is -0.380. The highest BCUT2D eigenvalue weighted by Gasteiger charge is 2.27. The molecule has 0 fully saturated rings.